The van der Waals surface area contributed by atoms with Crippen molar-refractivity contribution < 1.29 is 9.53 Å². The third kappa shape index (κ3) is 5.06. The quantitative estimate of drug-likeness (QED) is 0.845. The van der Waals surface area contributed by atoms with Crippen molar-refractivity contribution in [2.75, 3.05) is 13.7 Å². The molecule has 4 nitrogen and oxygen atoms in total. The van der Waals surface area contributed by atoms with E-state index >= 15 is 0 Å². The van der Waals surface area contributed by atoms with E-state index in [1.54, 1.807) is 0 Å². The molecule has 0 fully saturated rings. The number of amides is 1. The summed E-state index contributed by atoms with van der Waals surface area (Å²) in [5.74, 6) is 0.588. The molecule has 0 bridgehead atoms. The number of nitrogens with one attached hydrogen (secondary N) is 2. The number of hydrogen-bond donors (Lipinski definition) is 2. The molecule has 0 spiro atoms. The Morgan fingerprint density at radius 3 is 2.78 bits per heavy atom. The highest BCUT2D eigenvalue weighted by molar-refractivity contribution is 9.10. The Bertz CT molecular complexity index is 408. The Morgan fingerprint density at radius 1 is 1.44 bits per heavy atom. The highest BCUT2D eigenvalue weighted by Crippen LogP contribution is 2.22. The molecule has 0 unspecified atom stereocenters. The molecule has 5 heteroatoms. The van der Waals surface area contributed by atoms with Gasteiger partial charge in [-0.3, -0.25) is 4.79 Å². The third-order valence-corrected chi connectivity index (χ3v) is 2.98. The number of carbonyl (C=O) groups excluding carboxylic acids is 1. The van der Waals surface area contributed by atoms with E-state index in [1.165, 1.54) is 0 Å². The van der Waals surface area contributed by atoms with Gasteiger partial charge >= 0.3 is 0 Å². The van der Waals surface area contributed by atoms with E-state index in [2.05, 4.69) is 26.6 Å². The van der Waals surface area contributed by atoms with Crippen molar-refractivity contribution in [2.45, 2.75) is 26.4 Å². The molecule has 1 rings (SSSR count). The van der Waals surface area contributed by atoms with Crippen LogP contribution in [0.25, 0.3) is 0 Å². The Kier molecular flexibility index (Phi) is 6.15. The number of hydrogen-bond acceptors (Lipinski definition) is 3. The number of ether oxygens (including phenoxy) is 1. The summed E-state index contributed by atoms with van der Waals surface area (Å²) >= 11 is 3.47. The van der Waals surface area contributed by atoms with Crippen molar-refractivity contribution in [3.8, 4) is 5.75 Å². The molecule has 1 amide bonds. The second kappa shape index (κ2) is 7.38. The molecule has 0 aliphatic carbocycles. The van der Waals surface area contributed by atoms with Gasteiger partial charge in [0.2, 0.25) is 0 Å². The zero-order valence-electron chi connectivity index (χ0n) is 10.9. The molecule has 2 N–H and O–H groups in total. The highest BCUT2D eigenvalue weighted by Gasteiger charge is 2.06. The highest BCUT2D eigenvalue weighted by atomic mass is 79.9. The van der Waals surface area contributed by atoms with E-state index in [9.17, 15) is 4.79 Å². The molecular weight excluding hydrogens is 296 g/mol. The first kappa shape index (κ1) is 15.0. The van der Waals surface area contributed by atoms with Gasteiger partial charge in [-0.05, 0) is 44.7 Å². The Hall–Kier alpha value is -1.07. The largest absolute Gasteiger partial charge is 0.484 e. The minimum atomic E-state index is -0.108. The van der Waals surface area contributed by atoms with Crippen LogP contribution in [0.1, 0.15) is 19.4 Å². The molecule has 0 saturated carbocycles. The van der Waals surface area contributed by atoms with Gasteiger partial charge in [0.15, 0.2) is 6.61 Å². The van der Waals surface area contributed by atoms with Crippen molar-refractivity contribution >= 4 is 21.8 Å². The molecule has 0 saturated heterocycles. The van der Waals surface area contributed by atoms with Gasteiger partial charge in [-0.15, -0.1) is 0 Å². The summed E-state index contributed by atoms with van der Waals surface area (Å²) in [6.07, 6.45) is 0. The van der Waals surface area contributed by atoms with E-state index in [-0.39, 0.29) is 18.6 Å². The molecular formula is C13H19BrN2O2. The molecule has 1 aromatic carbocycles. The van der Waals surface area contributed by atoms with E-state index in [1.807, 2.05) is 39.1 Å². The van der Waals surface area contributed by atoms with Crippen molar-refractivity contribution in [2.24, 2.45) is 0 Å². The zero-order chi connectivity index (χ0) is 13.5. The van der Waals surface area contributed by atoms with Gasteiger partial charge in [0.1, 0.15) is 5.75 Å². The lowest BCUT2D eigenvalue weighted by molar-refractivity contribution is -0.123. The number of rotatable bonds is 6. The lowest BCUT2D eigenvalue weighted by Crippen LogP contribution is -2.34. The summed E-state index contributed by atoms with van der Waals surface area (Å²) in [6.45, 7) is 4.62. The topological polar surface area (TPSA) is 50.4 Å². The molecule has 100 valence electrons. The minimum absolute atomic E-state index is 0.0405. The van der Waals surface area contributed by atoms with Crippen molar-refractivity contribution in [3.63, 3.8) is 0 Å². The molecule has 18 heavy (non-hydrogen) atoms. The standard InChI is InChI=1S/C13H19BrN2O2/c1-9(2)16-13(17)8-18-11-4-5-12(14)10(6-11)7-15-3/h4-6,9,15H,7-8H2,1-3H3,(H,16,17). The Morgan fingerprint density at radius 2 is 2.17 bits per heavy atom. The fourth-order valence-corrected chi connectivity index (χ4v) is 1.87. The summed E-state index contributed by atoms with van der Waals surface area (Å²) in [4.78, 5) is 11.4. The lowest BCUT2D eigenvalue weighted by atomic mass is 10.2. The SMILES string of the molecule is CNCc1cc(OCC(=O)NC(C)C)ccc1Br. The number of halogens is 1. The summed E-state index contributed by atoms with van der Waals surface area (Å²) < 4.78 is 6.47. The maximum atomic E-state index is 11.4. The van der Waals surface area contributed by atoms with Crippen LogP contribution in [0.2, 0.25) is 0 Å². The van der Waals surface area contributed by atoms with Gasteiger partial charge in [0, 0.05) is 17.1 Å². The van der Waals surface area contributed by atoms with Crippen LogP contribution < -0.4 is 15.4 Å². The van der Waals surface area contributed by atoms with E-state index in [0.717, 1.165) is 16.6 Å². The first-order valence-corrected chi connectivity index (χ1v) is 6.67. The van der Waals surface area contributed by atoms with Crippen molar-refractivity contribution in [1.82, 2.24) is 10.6 Å². The molecule has 0 aliphatic rings. The Labute approximate surface area is 116 Å². The predicted octanol–water partition coefficient (Wildman–Crippen LogP) is 2.07. The van der Waals surface area contributed by atoms with Crippen molar-refractivity contribution in [1.29, 1.82) is 0 Å². The van der Waals surface area contributed by atoms with Crippen LogP contribution in [-0.4, -0.2) is 25.6 Å². The van der Waals surface area contributed by atoms with E-state index in [4.69, 9.17) is 4.74 Å². The van der Waals surface area contributed by atoms with Crippen molar-refractivity contribution in [3.05, 3.63) is 28.2 Å². The van der Waals surface area contributed by atoms with Crippen LogP contribution in [0.5, 0.6) is 5.75 Å². The second-order valence-corrected chi connectivity index (χ2v) is 5.15. The normalized spacial score (nSPS) is 10.5. The Balaban J connectivity index is 2.57. The van der Waals surface area contributed by atoms with Crippen LogP contribution in [-0.2, 0) is 11.3 Å². The third-order valence-electron chi connectivity index (χ3n) is 2.20. The molecule has 0 atom stereocenters. The van der Waals surface area contributed by atoms with Crippen LogP contribution in [0.4, 0.5) is 0 Å². The summed E-state index contributed by atoms with van der Waals surface area (Å²) in [6, 6.07) is 5.81. The zero-order valence-corrected chi connectivity index (χ0v) is 12.5. The van der Waals surface area contributed by atoms with Gasteiger partial charge in [-0.1, -0.05) is 15.9 Å². The fourth-order valence-electron chi connectivity index (χ4n) is 1.48. The van der Waals surface area contributed by atoms with Gasteiger partial charge in [0.25, 0.3) is 5.91 Å². The van der Waals surface area contributed by atoms with E-state index < -0.39 is 0 Å². The fraction of sp³-hybridized carbons (Fsp3) is 0.462. The molecule has 0 radical (unpaired) electrons. The van der Waals surface area contributed by atoms with Gasteiger partial charge in [0.05, 0.1) is 0 Å². The average molecular weight is 315 g/mol. The van der Waals surface area contributed by atoms with Gasteiger partial charge in [-0.2, -0.15) is 0 Å². The van der Waals surface area contributed by atoms with Crippen LogP contribution in [0, 0.1) is 0 Å². The summed E-state index contributed by atoms with van der Waals surface area (Å²) in [5, 5.41) is 5.86. The minimum Gasteiger partial charge on any atom is -0.484 e. The van der Waals surface area contributed by atoms with Crippen LogP contribution in [0.15, 0.2) is 22.7 Å². The molecule has 0 aliphatic heterocycles. The first-order valence-electron chi connectivity index (χ1n) is 5.88. The number of carbonyl (C=O) groups is 1. The van der Waals surface area contributed by atoms with Gasteiger partial charge in [-0.25, -0.2) is 0 Å². The van der Waals surface area contributed by atoms with Crippen LogP contribution in [0.3, 0.4) is 0 Å². The molecule has 1 aromatic rings. The maximum Gasteiger partial charge on any atom is 0.258 e. The monoisotopic (exact) mass is 314 g/mol. The predicted molar refractivity (Wildman–Crippen MR) is 75.7 cm³/mol. The van der Waals surface area contributed by atoms with Crippen LogP contribution >= 0.6 is 15.9 Å². The smallest absolute Gasteiger partial charge is 0.258 e. The average Bonchev–Trinajstić information content (AvgIpc) is 2.29. The van der Waals surface area contributed by atoms with E-state index in [0.29, 0.717) is 5.75 Å². The first-order chi connectivity index (χ1) is 8.52. The molecule has 0 aromatic heterocycles. The second-order valence-electron chi connectivity index (χ2n) is 4.29. The summed E-state index contributed by atoms with van der Waals surface area (Å²) in [5.41, 5.74) is 1.10. The lowest BCUT2D eigenvalue weighted by Gasteiger charge is -2.11. The van der Waals surface area contributed by atoms with Gasteiger partial charge < -0.3 is 15.4 Å². The summed E-state index contributed by atoms with van der Waals surface area (Å²) in [7, 11) is 1.88. The molecule has 0 heterocycles. The maximum absolute atomic E-state index is 11.4. The number of benzene rings is 1.